The highest BCUT2D eigenvalue weighted by molar-refractivity contribution is 7.88. The van der Waals surface area contributed by atoms with E-state index in [-0.39, 0.29) is 11.9 Å². The van der Waals surface area contributed by atoms with Gasteiger partial charge in [0.25, 0.3) is 0 Å². The Labute approximate surface area is 185 Å². The number of ether oxygens (including phenoxy) is 1. The van der Waals surface area contributed by atoms with Crippen LogP contribution in [0.5, 0.6) is 0 Å². The van der Waals surface area contributed by atoms with Crippen LogP contribution in [-0.2, 0) is 27.7 Å². The Balaban J connectivity index is 1.48. The summed E-state index contributed by atoms with van der Waals surface area (Å²) in [5.41, 5.74) is 2.26. The summed E-state index contributed by atoms with van der Waals surface area (Å²) in [5, 5.41) is 0. The first-order chi connectivity index (χ1) is 14.4. The second-order valence-corrected chi connectivity index (χ2v) is 11.7. The van der Waals surface area contributed by atoms with Gasteiger partial charge >= 0.3 is 6.09 Å². The molecule has 7 nitrogen and oxygen atoms in total. The van der Waals surface area contributed by atoms with Gasteiger partial charge in [-0.15, -0.1) is 0 Å². The molecule has 0 aromatic heterocycles. The molecule has 0 unspecified atom stereocenters. The molecule has 0 bridgehead atoms. The number of hydrogen-bond acceptors (Lipinski definition) is 5. The molecular formula is C23H34N2O5S. The molecule has 1 fully saturated rings. The zero-order valence-corrected chi connectivity index (χ0v) is 19.8. The van der Waals surface area contributed by atoms with Gasteiger partial charge in [-0.1, -0.05) is 12.1 Å². The van der Waals surface area contributed by atoms with E-state index in [1.165, 1.54) is 10.6 Å². The van der Waals surface area contributed by atoms with Crippen LogP contribution in [0, 0.1) is 5.92 Å². The molecule has 0 N–H and O–H groups in total. The Hall–Kier alpha value is -1.93. The molecule has 0 radical (unpaired) electrons. The summed E-state index contributed by atoms with van der Waals surface area (Å²) < 4.78 is 30.4. The van der Waals surface area contributed by atoms with E-state index < -0.39 is 15.6 Å². The Morgan fingerprint density at radius 1 is 1.10 bits per heavy atom. The number of benzene rings is 1. The van der Waals surface area contributed by atoms with E-state index in [9.17, 15) is 18.0 Å². The lowest BCUT2D eigenvalue weighted by atomic mass is 9.89. The van der Waals surface area contributed by atoms with Crippen molar-refractivity contribution in [3.05, 3.63) is 34.9 Å². The van der Waals surface area contributed by atoms with Gasteiger partial charge in [-0.3, -0.25) is 4.79 Å². The van der Waals surface area contributed by atoms with Crippen molar-refractivity contribution in [2.75, 3.05) is 25.9 Å². The van der Waals surface area contributed by atoms with Crippen molar-refractivity contribution in [1.29, 1.82) is 0 Å². The first-order valence-corrected chi connectivity index (χ1v) is 12.9. The van der Waals surface area contributed by atoms with E-state index in [1.54, 1.807) is 4.90 Å². The summed E-state index contributed by atoms with van der Waals surface area (Å²) in [6.45, 7) is 7.77. The van der Waals surface area contributed by atoms with Gasteiger partial charge in [-0.25, -0.2) is 13.2 Å². The lowest BCUT2D eigenvalue weighted by Crippen LogP contribution is -2.41. The average Bonchev–Trinajstić information content (AvgIpc) is 2.69. The van der Waals surface area contributed by atoms with Gasteiger partial charge < -0.3 is 9.64 Å². The summed E-state index contributed by atoms with van der Waals surface area (Å²) in [6.07, 6.45) is 4.69. The predicted molar refractivity (Wildman–Crippen MR) is 119 cm³/mol. The minimum absolute atomic E-state index is 0.128. The molecule has 2 aliphatic heterocycles. The van der Waals surface area contributed by atoms with Gasteiger partial charge in [0.15, 0.2) is 5.78 Å². The van der Waals surface area contributed by atoms with Crippen LogP contribution in [0.2, 0.25) is 0 Å². The van der Waals surface area contributed by atoms with Gasteiger partial charge in [0.2, 0.25) is 10.0 Å². The van der Waals surface area contributed by atoms with Crippen molar-refractivity contribution in [3.63, 3.8) is 0 Å². The summed E-state index contributed by atoms with van der Waals surface area (Å²) >= 11 is 0. The smallest absolute Gasteiger partial charge is 0.410 e. The van der Waals surface area contributed by atoms with Crippen LogP contribution in [0.1, 0.15) is 67.9 Å². The van der Waals surface area contributed by atoms with Crippen molar-refractivity contribution in [1.82, 2.24) is 9.21 Å². The van der Waals surface area contributed by atoms with Gasteiger partial charge in [0.1, 0.15) is 5.60 Å². The molecule has 0 aliphatic carbocycles. The fraction of sp³-hybridized carbons (Fsp3) is 0.652. The second-order valence-electron chi connectivity index (χ2n) is 9.70. The lowest BCUT2D eigenvalue weighted by molar-refractivity contribution is 0.0180. The largest absolute Gasteiger partial charge is 0.444 e. The fourth-order valence-corrected chi connectivity index (χ4v) is 4.99. The third kappa shape index (κ3) is 6.53. The standard InChI is InChI=1S/C23H34N2O5S/c1-23(2,3)30-22(27)24-12-9-17(10-13-24)5-8-21(26)19-6-7-20-16-25(31(4,28)29)14-11-18(20)15-19/h6-7,15,17H,5,8-14,16H2,1-4H3. The van der Waals surface area contributed by atoms with Crippen molar-refractivity contribution in [3.8, 4) is 0 Å². The number of amides is 1. The van der Waals surface area contributed by atoms with E-state index in [0.29, 0.717) is 50.5 Å². The monoisotopic (exact) mass is 450 g/mol. The molecule has 1 saturated heterocycles. The minimum atomic E-state index is -3.20. The highest BCUT2D eigenvalue weighted by atomic mass is 32.2. The van der Waals surface area contributed by atoms with E-state index in [2.05, 4.69) is 0 Å². The van der Waals surface area contributed by atoms with Crippen LogP contribution in [0.15, 0.2) is 18.2 Å². The number of carbonyl (C=O) groups excluding carboxylic acids is 2. The maximum atomic E-state index is 12.7. The Bertz CT molecular complexity index is 928. The van der Waals surface area contributed by atoms with E-state index >= 15 is 0 Å². The zero-order valence-electron chi connectivity index (χ0n) is 19.0. The van der Waals surface area contributed by atoms with Crippen LogP contribution in [0.25, 0.3) is 0 Å². The summed E-state index contributed by atoms with van der Waals surface area (Å²) in [5.74, 6) is 0.562. The lowest BCUT2D eigenvalue weighted by Gasteiger charge is -2.33. The van der Waals surface area contributed by atoms with E-state index in [0.717, 1.165) is 30.4 Å². The van der Waals surface area contributed by atoms with Crippen molar-refractivity contribution in [2.24, 2.45) is 5.92 Å². The van der Waals surface area contributed by atoms with Crippen molar-refractivity contribution >= 4 is 21.9 Å². The fourth-order valence-electron chi connectivity index (χ4n) is 4.19. The molecule has 2 heterocycles. The number of carbonyl (C=O) groups is 2. The molecular weight excluding hydrogens is 416 g/mol. The second kappa shape index (κ2) is 9.28. The van der Waals surface area contributed by atoms with Crippen molar-refractivity contribution < 1.29 is 22.7 Å². The molecule has 0 atom stereocenters. The number of piperidine rings is 1. The number of ketones is 1. The zero-order chi connectivity index (χ0) is 22.8. The molecule has 0 saturated carbocycles. The molecule has 8 heteroatoms. The summed E-state index contributed by atoms with van der Waals surface area (Å²) in [4.78, 5) is 26.7. The molecule has 172 valence electrons. The van der Waals surface area contributed by atoms with Crippen molar-refractivity contribution in [2.45, 2.75) is 65.0 Å². The van der Waals surface area contributed by atoms with E-state index in [4.69, 9.17) is 4.74 Å². The first-order valence-electron chi connectivity index (χ1n) is 11.0. The molecule has 0 spiro atoms. The highest BCUT2D eigenvalue weighted by Gasteiger charge is 2.27. The molecule has 31 heavy (non-hydrogen) atoms. The van der Waals surface area contributed by atoms with Gasteiger partial charge in [0.05, 0.1) is 6.26 Å². The van der Waals surface area contributed by atoms with Gasteiger partial charge in [-0.2, -0.15) is 4.31 Å². The Morgan fingerprint density at radius 3 is 2.39 bits per heavy atom. The summed E-state index contributed by atoms with van der Waals surface area (Å²) in [6, 6.07) is 5.64. The van der Waals surface area contributed by atoms with Crippen LogP contribution in [-0.4, -0.2) is 61.0 Å². The number of Topliss-reactive ketones (excluding diaryl/α,β-unsaturated/α-hetero) is 1. The molecule has 2 aliphatic rings. The topological polar surface area (TPSA) is 84.0 Å². The Morgan fingerprint density at radius 2 is 1.77 bits per heavy atom. The maximum Gasteiger partial charge on any atom is 0.410 e. The average molecular weight is 451 g/mol. The van der Waals surface area contributed by atoms with E-state index in [1.807, 2.05) is 39.0 Å². The maximum absolute atomic E-state index is 12.7. The molecule has 3 rings (SSSR count). The third-order valence-corrected chi connectivity index (χ3v) is 7.27. The molecule has 1 aromatic carbocycles. The predicted octanol–water partition coefficient (Wildman–Crippen LogP) is 3.61. The first kappa shape index (κ1) is 23.7. The number of likely N-dealkylation sites (tertiary alicyclic amines) is 1. The highest BCUT2D eigenvalue weighted by Crippen LogP contribution is 2.26. The van der Waals surface area contributed by atoms with Gasteiger partial charge in [0, 0.05) is 38.2 Å². The number of hydrogen-bond donors (Lipinski definition) is 0. The quantitative estimate of drug-likeness (QED) is 0.640. The minimum Gasteiger partial charge on any atom is -0.444 e. The van der Waals surface area contributed by atoms with Gasteiger partial charge in [-0.05, 0) is 69.6 Å². The summed E-state index contributed by atoms with van der Waals surface area (Å²) in [7, 11) is -3.20. The Kier molecular flexibility index (Phi) is 7.11. The van der Waals surface area contributed by atoms with Crippen LogP contribution in [0.4, 0.5) is 4.79 Å². The number of nitrogens with zero attached hydrogens (tertiary/aromatic N) is 2. The SMILES string of the molecule is CC(C)(C)OC(=O)N1CCC(CCC(=O)c2ccc3c(c2)CCN(S(C)(=O)=O)C3)CC1. The normalized spacial score (nSPS) is 18.5. The van der Waals surface area contributed by atoms with Crippen LogP contribution in [0.3, 0.4) is 0 Å². The third-order valence-electron chi connectivity index (χ3n) is 6.02. The number of sulfonamides is 1. The molecule has 1 amide bonds. The van der Waals surface area contributed by atoms with Crippen LogP contribution < -0.4 is 0 Å². The molecule has 1 aromatic rings. The van der Waals surface area contributed by atoms with Crippen LogP contribution >= 0.6 is 0 Å². The number of fused-ring (bicyclic) bond motifs is 1. The number of rotatable bonds is 5.